The molecule has 0 radical (unpaired) electrons. The Kier molecular flexibility index (Phi) is 4.89. The maximum atomic E-state index is 6.39. The summed E-state index contributed by atoms with van der Waals surface area (Å²) in [4.78, 5) is 1.29. The fraction of sp³-hybridized carbons (Fsp3) is 0.333. The van der Waals surface area contributed by atoms with Crippen LogP contribution in [-0.4, -0.2) is 6.04 Å². The van der Waals surface area contributed by atoms with Gasteiger partial charge in [0.2, 0.25) is 0 Å². The summed E-state index contributed by atoms with van der Waals surface area (Å²) in [6.07, 6.45) is 2.60. The second-order valence-electron chi connectivity index (χ2n) is 5.59. The molecule has 0 bridgehead atoms. The molecule has 0 saturated heterocycles. The van der Waals surface area contributed by atoms with Crippen LogP contribution in [0.5, 0.6) is 0 Å². The predicted octanol–water partition coefficient (Wildman–Crippen LogP) is 5.19. The molecule has 0 amide bonds. The van der Waals surface area contributed by atoms with Crippen molar-refractivity contribution in [2.24, 2.45) is 0 Å². The third-order valence-corrected chi connectivity index (χ3v) is 5.37. The average molecular weight is 318 g/mol. The third kappa shape index (κ3) is 4.03. The Bertz CT molecular complexity index is 622. The predicted molar refractivity (Wildman–Crippen MR) is 92.1 cm³/mol. The molecule has 1 N–H and O–H groups in total. The fourth-order valence-corrected chi connectivity index (χ4v) is 3.77. The Labute approximate surface area is 136 Å². The normalized spacial score (nSPS) is 14.4. The number of hydrogen-bond acceptors (Lipinski definition) is 2. The van der Waals surface area contributed by atoms with E-state index in [9.17, 15) is 0 Å². The first-order valence-electron chi connectivity index (χ1n) is 7.42. The van der Waals surface area contributed by atoms with Crippen LogP contribution in [0.1, 0.15) is 29.5 Å². The largest absolute Gasteiger partial charge is 0.310 e. The topological polar surface area (TPSA) is 12.0 Å². The van der Waals surface area contributed by atoms with Crippen LogP contribution in [0.25, 0.3) is 0 Å². The SMILES string of the molecule is Cc1ccccc1CSc1cccc(Cl)c1CNC1CC1. The molecule has 3 heteroatoms. The van der Waals surface area contributed by atoms with E-state index in [-0.39, 0.29) is 0 Å². The standard InChI is InChI=1S/C18H20ClNS/c1-13-5-2-3-6-14(13)12-21-18-8-4-7-17(19)16(18)11-20-15-9-10-15/h2-8,15,20H,9-12H2,1H3. The van der Waals surface area contributed by atoms with Crippen molar-refractivity contribution < 1.29 is 0 Å². The van der Waals surface area contributed by atoms with E-state index in [2.05, 4.69) is 42.6 Å². The lowest BCUT2D eigenvalue weighted by Crippen LogP contribution is -2.16. The van der Waals surface area contributed by atoms with Gasteiger partial charge in [0.1, 0.15) is 0 Å². The summed E-state index contributed by atoms with van der Waals surface area (Å²) in [5, 5.41) is 4.44. The summed E-state index contributed by atoms with van der Waals surface area (Å²) < 4.78 is 0. The first-order chi connectivity index (χ1) is 10.2. The second kappa shape index (κ2) is 6.87. The first-order valence-corrected chi connectivity index (χ1v) is 8.78. The molecule has 0 heterocycles. The molecule has 2 aromatic rings. The zero-order valence-electron chi connectivity index (χ0n) is 12.2. The van der Waals surface area contributed by atoms with E-state index in [0.717, 1.165) is 17.3 Å². The van der Waals surface area contributed by atoms with Crippen LogP contribution in [0.15, 0.2) is 47.4 Å². The lowest BCUT2D eigenvalue weighted by molar-refractivity contribution is 0.680. The van der Waals surface area contributed by atoms with Crippen molar-refractivity contribution in [3.05, 3.63) is 64.2 Å². The molecular weight excluding hydrogens is 298 g/mol. The van der Waals surface area contributed by atoms with Crippen LogP contribution in [0.3, 0.4) is 0 Å². The van der Waals surface area contributed by atoms with E-state index in [1.165, 1.54) is 34.4 Å². The van der Waals surface area contributed by atoms with Gasteiger partial charge in [-0.25, -0.2) is 0 Å². The molecule has 1 aliphatic carbocycles. The van der Waals surface area contributed by atoms with Gasteiger partial charge in [0.15, 0.2) is 0 Å². The Morgan fingerprint density at radius 3 is 2.71 bits per heavy atom. The van der Waals surface area contributed by atoms with Gasteiger partial charge in [0.25, 0.3) is 0 Å². The van der Waals surface area contributed by atoms with Crippen molar-refractivity contribution in [2.45, 2.75) is 43.0 Å². The number of nitrogens with one attached hydrogen (secondary N) is 1. The molecule has 1 fully saturated rings. The summed E-state index contributed by atoms with van der Waals surface area (Å²) in [5.74, 6) is 0.990. The van der Waals surface area contributed by atoms with E-state index >= 15 is 0 Å². The second-order valence-corrected chi connectivity index (χ2v) is 7.01. The van der Waals surface area contributed by atoms with Crippen LogP contribution in [0.2, 0.25) is 5.02 Å². The maximum absolute atomic E-state index is 6.39. The van der Waals surface area contributed by atoms with Gasteiger partial charge in [0, 0.05) is 28.3 Å². The van der Waals surface area contributed by atoms with Crippen molar-refractivity contribution in [1.29, 1.82) is 0 Å². The summed E-state index contributed by atoms with van der Waals surface area (Å²) in [6, 6.07) is 15.5. The van der Waals surface area contributed by atoms with Gasteiger partial charge in [-0.3, -0.25) is 0 Å². The Balaban J connectivity index is 1.71. The minimum Gasteiger partial charge on any atom is -0.310 e. The summed E-state index contributed by atoms with van der Waals surface area (Å²) in [5.41, 5.74) is 3.98. The smallest absolute Gasteiger partial charge is 0.0462 e. The van der Waals surface area contributed by atoms with Gasteiger partial charge in [0.05, 0.1) is 0 Å². The molecular formula is C18H20ClNS. The molecule has 0 atom stereocenters. The maximum Gasteiger partial charge on any atom is 0.0462 e. The van der Waals surface area contributed by atoms with Crippen molar-refractivity contribution in [1.82, 2.24) is 5.32 Å². The number of aryl methyl sites for hydroxylation is 1. The molecule has 1 saturated carbocycles. The third-order valence-electron chi connectivity index (χ3n) is 3.87. The Morgan fingerprint density at radius 2 is 1.95 bits per heavy atom. The van der Waals surface area contributed by atoms with E-state index < -0.39 is 0 Å². The van der Waals surface area contributed by atoms with Crippen LogP contribution in [0, 0.1) is 6.92 Å². The highest BCUT2D eigenvalue weighted by Crippen LogP contribution is 2.32. The lowest BCUT2D eigenvalue weighted by atomic mass is 10.1. The van der Waals surface area contributed by atoms with Gasteiger partial charge >= 0.3 is 0 Å². The fourth-order valence-electron chi connectivity index (χ4n) is 2.31. The molecule has 21 heavy (non-hydrogen) atoms. The van der Waals surface area contributed by atoms with Gasteiger partial charge in [-0.1, -0.05) is 41.9 Å². The molecule has 1 nitrogen and oxygen atoms in total. The highest BCUT2D eigenvalue weighted by atomic mass is 35.5. The van der Waals surface area contributed by atoms with E-state index in [1.54, 1.807) is 0 Å². The van der Waals surface area contributed by atoms with Crippen molar-refractivity contribution in [2.75, 3.05) is 0 Å². The van der Waals surface area contributed by atoms with Crippen LogP contribution in [-0.2, 0) is 12.3 Å². The summed E-state index contributed by atoms with van der Waals surface area (Å²) >= 11 is 8.27. The number of halogens is 1. The van der Waals surface area contributed by atoms with Crippen LogP contribution in [0.4, 0.5) is 0 Å². The number of rotatable bonds is 6. The highest BCUT2D eigenvalue weighted by Gasteiger charge is 2.21. The van der Waals surface area contributed by atoms with E-state index in [1.807, 2.05) is 23.9 Å². The highest BCUT2D eigenvalue weighted by molar-refractivity contribution is 7.98. The van der Waals surface area contributed by atoms with Gasteiger partial charge in [-0.15, -0.1) is 11.8 Å². The van der Waals surface area contributed by atoms with Crippen LogP contribution < -0.4 is 5.32 Å². The lowest BCUT2D eigenvalue weighted by Gasteiger charge is -2.12. The van der Waals surface area contributed by atoms with Crippen LogP contribution >= 0.6 is 23.4 Å². The Morgan fingerprint density at radius 1 is 1.14 bits per heavy atom. The van der Waals surface area contributed by atoms with Crippen molar-refractivity contribution in [3.63, 3.8) is 0 Å². The molecule has 0 spiro atoms. The summed E-state index contributed by atoms with van der Waals surface area (Å²) in [6.45, 7) is 3.05. The first kappa shape index (κ1) is 15.0. The Hall–Kier alpha value is -0.960. The minimum atomic E-state index is 0.704. The molecule has 0 aromatic heterocycles. The quantitative estimate of drug-likeness (QED) is 0.736. The molecule has 3 rings (SSSR count). The average Bonchev–Trinajstić information content (AvgIpc) is 3.30. The zero-order valence-corrected chi connectivity index (χ0v) is 13.8. The monoisotopic (exact) mass is 317 g/mol. The van der Waals surface area contributed by atoms with Gasteiger partial charge in [-0.2, -0.15) is 0 Å². The minimum absolute atomic E-state index is 0.704. The van der Waals surface area contributed by atoms with Crippen molar-refractivity contribution >= 4 is 23.4 Å². The van der Waals surface area contributed by atoms with E-state index in [0.29, 0.717) is 6.04 Å². The molecule has 0 aliphatic heterocycles. The van der Waals surface area contributed by atoms with Gasteiger partial charge < -0.3 is 5.32 Å². The van der Waals surface area contributed by atoms with Gasteiger partial charge in [-0.05, 0) is 48.6 Å². The number of thioether (sulfide) groups is 1. The summed E-state index contributed by atoms with van der Waals surface area (Å²) in [7, 11) is 0. The zero-order chi connectivity index (χ0) is 14.7. The van der Waals surface area contributed by atoms with E-state index in [4.69, 9.17) is 11.6 Å². The molecule has 110 valence electrons. The molecule has 2 aromatic carbocycles. The molecule has 0 unspecified atom stereocenters. The number of benzene rings is 2. The molecule has 1 aliphatic rings. The van der Waals surface area contributed by atoms with Crippen molar-refractivity contribution in [3.8, 4) is 0 Å². The number of hydrogen-bond donors (Lipinski definition) is 1.